The van der Waals surface area contributed by atoms with E-state index in [9.17, 15) is 9.59 Å². The lowest BCUT2D eigenvalue weighted by molar-refractivity contribution is 0.0940. The molecule has 5 heteroatoms. The minimum atomic E-state index is -0.224. The third-order valence-corrected chi connectivity index (χ3v) is 6.39. The summed E-state index contributed by atoms with van der Waals surface area (Å²) in [6.45, 7) is 5.15. The fourth-order valence-corrected chi connectivity index (χ4v) is 4.40. The van der Waals surface area contributed by atoms with Crippen molar-refractivity contribution in [1.29, 1.82) is 0 Å². The van der Waals surface area contributed by atoms with Gasteiger partial charge in [0.25, 0.3) is 11.8 Å². The Morgan fingerprint density at radius 2 is 1.44 bits per heavy atom. The summed E-state index contributed by atoms with van der Waals surface area (Å²) in [6, 6.07) is 24.6. The van der Waals surface area contributed by atoms with E-state index in [1.807, 2.05) is 67.6 Å². The zero-order chi connectivity index (χ0) is 23.8. The highest BCUT2D eigenvalue weighted by atomic mass is 16.2. The molecule has 4 rings (SSSR count). The number of amides is 2. The van der Waals surface area contributed by atoms with Crippen LogP contribution in [0.2, 0.25) is 0 Å². The molecule has 3 aromatic carbocycles. The first kappa shape index (κ1) is 23.7. The third-order valence-electron chi connectivity index (χ3n) is 6.39. The molecule has 0 aromatic heterocycles. The monoisotopic (exact) mass is 455 g/mol. The van der Waals surface area contributed by atoms with Gasteiger partial charge in [0.15, 0.2) is 0 Å². The molecule has 1 heterocycles. The highest BCUT2D eigenvalue weighted by molar-refractivity contribution is 6.09. The van der Waals surface area contributed by atoms with E-state index in [-0.39, 0.29) is 17.9 Å². The molecule has 34 heavy (non-hydrogen) atoms. The van der Waals surface area contributed by atoms with E-state index in [0.717, 1.165) is 25.2 Å². The number of nitrogens with zero attached hydrogens (tertiary/aromatic N) is 1. The predicted molar refractivity (Wildman–Crippen MR) is 137 cm³/mol. The Hall–Kier alpha value is -3.44. The highest BCUT2D eigenvalue weighted by Gasteiger charge is 2.17. The van der Waals surface area contributed by atoms with Crippen LogP contribution in [0.25, 0.3) is 0 Å². The maximum atomic E-state index is 13.0. The SMILES string of the molecule is CC(NC(=O)c1ccccc1NC(=O)c1ccc(CN2CCCCCC2)cc1)c1ccccc1. The fraction of sp³-hybridized carbons (Fsp3) is 0.310. The number of hydrogen-bond donors (Lipinski definition) is 2. The lowest BCUT2D eigenvalue weighted by Gasteiger charge is -2.19. The van der Waals surface area contributed by atoms with Crippen molar-refractivity contribution in [3.05, 3.63) is 101 Å². The first-order chi connectivity index (χ1) is 16.6. The molecule has 0 bridgehead atoms. The van der Waals surface area contributed by atoms with Crippen LogP contribution in [-0.4, -0.2) is 29.8 Å². The summed E-state index contributed by atoms with van der Waals surface area (Å²) in [4.78, 5) is 28.4. The van der Waals surface area contributed by atoms with Crippen molar-refractivity contribution in [3.63, 3.8) is 0 Å². The number of likely N-dealkylation sites (tertiary alicyclic amines) is 1. The molecule has 1 fully saturated rings. The summed E-state index contributed by atoms with van der Waals surface area (Å²) < 4.78 is 0. The number of carbonyl (C=O) groups is 2. The van der Waals surface area contributed by atoms with Crippen molar-refractivity contribution in [2.75, 3.05) is 18.4 Å². The van der Waals surface area contributed by atoms with Gasteiger partial charge in [-0.2, -0.15) is 0 Å². The smallest absolute Gasteiger partial charge is 0.255 e. The van der Waals surface area contributed by atoms with Gasteiger partial charge in [0.2, 0.25) is 0 Å². The molecule has 2 amide bonds. The highest BCUT2D eigenvalue weighted by Crippen LogP contribution is 2.20. The Morgan fingerprint density at radius 3 is 2.15 bits per heavy atom. The maximum absolute atomic E-state index is 13.0. The number of para-hydroxylation sites is 1. The fourth-order valence-electron chi connectivity index (χ4n) is 4.40. The lowest BCUT2D eigenvalue weighted by atomic mass is 10.1. The number of rotatable bonds is 7. The average molecular weight is 456 g/mol. The van der Waals surface area contributed by atoms with Gasteiger partial charge in [0.1, 0.15) is 0 Å². The zero-order valence-electron chi connectivity index (χ0n) is 19.8. The van der Waals surface area contributed by atoms with Gasteiger partial charge >= 0.3 is 0 Å². The molecule has 0 saturated carbocycles. The molecule has 176 valence electrons. The van der Waals surface area contributed by atoms with Crippen molar-refractivity contribution in [2.45, 2.75) is 45.2 Å². The quantitative estimate of drug-likeness (QED) is 0.473. The van der Waals surface area contributed by atoms with E-state index in [2.05, 4.69) is 15.5 Å². The van der Waals surface area contributed by atoms with Crippen LogP contribution in [0.4, 0.5) is 5.69 Å². The second-order valence-corrected chi connectivity index (χ2v) is 8.99. The van der Waals surface area contributed by atoms with Crippen LogP contribution in [0, 0.1) is 0 Å². The minimum absolute atomic E-state index is 0.144. The van der Waals surface area contributed by atoms with Gasteiger partial charge in [-0.1, -0.05) is 67.4 Å². The van der Waals surface area contributed by atoms with Crippen LogP contribution < -0.4 is 10.6 Å². The Balaban J connectivity index is 1.39. The lowest BCUT2D eigenvalue weighted by Crippen LogP contribution is -2.28. The van der Waals surface area contributed by atoms with Crippen LogP contribution in [0.3, 0.4) is 0 Å². The van der Waals surface area contributed by atoms with E-state index in [1.165, 1.54) is 31.2 Å². The number of anilines is 1. The maximum Gasteiger partial charge on any atom is 0.255 e. The summed E-state index contributed by atoms with van der Waals surface area (Å²) in [5.41, 5.74) is 3.76. The first-order valence-electron chi connectivity index (χ1n) is 12.2. The van der Waals surface area contributed by atoms with E-state index in [1.54, 1.807) is 18.2 Å². The number of carbonyl (C=O) groups excluding carboxylic acids is 2. The molecule has 3 aromatic rings. The molecule has 0 radical (unpaired) electrons. The summed E-state index contributed by atoms with van der Waals surface area (Å²) in [5, 5.41) is 5.94. The third kappa shape index (κ3) is 6.33. The van der Waals surface area contributed by atoms with Crippen molar-refractivity contribution in [1.82, 2.24) is 10.2 Å². The molecule has 1 atom stereocenters. The van der Waals surface area contributed by atoms with Crippen molar-refractivity contribution >= 4 is 17.5 Å². The van der Waals surface area contributed by atoms with Gasteiger partial charge in [0.05, 0.1) is 17.3 Å². The Bertz CT molecular complexity index is 1090. The summed E-state index contributed by atoms with van der Waals surface area (Å²) >= 11 is 0. The van der Waals surface area contributed by atoms with Crippen LogP contribution in [-0.2, 0) is 6.54 Å². The number of benzene rings is 3. The van der Waals surface area contributed by atoms with E-state index >= 15 is 0 Å². The largest absolute Gasteiger partial charge is 0.345 e. The second kappa shape index (κ2) is 11.6. The van der Waals surface area contributed by atoms with E-state index in [0.29, 0.717) is 16.8 Å². The zero-order valence-corrected chi connectivity index (χ0v) is 19.8. The topological polar surface area (TPSA) is 61.4 Å². The Kier molecular flexibility index (Phi) is 8.10. The minimum Gasteiger partial charge on any atom is -0.345 e. The molecular weight excluding hydrogens is 422 g/mol. The summed E-state index contributed by atoms with van der Waals surface area (Å²) in [7, 11) is 0. The summed E-state index contributed by atoms with van der Waals surface area (Å²) in [6.07, 6.45) is 5.16. The van der Waals surface area contributed by atoms with Crippen molar-refractivity contribution in [3.8, 4) is 0 Å². The van der Waals surface area contributed by atoms with Gasteiger partial charge in [-0.25, -0.2) is 0 Å². The first-order valence-corrected chi connectivity index (χ1v) is 12.2. The molecule has 0 aliphatic carbocycles. The predicted octanol–water partition coefficient (Wildman–Crippen LogP) is 5.81. The summed E-state index contributed by atoms with van der Waals surface area (Å²) in [5.74, 6) is -0.447. The van der Waals surface area contributed by atoms with Crippen LogP contribution in [0.15, 0.2) is 78.9 Å². The van der Waals surface area contributed by atoms with Gasteiger partial charge in [-0.15, -0.1) is 0 Å². The van der Waals surface area contributed by atoms with Crippen LogP contribution in [0.5, 0.6) is 0 Å². The Labute approximate surface area is 202 Å². The second-order valence-electron chi connectivity index (χ2n) is 8.99. The van der Waals surface area contributed by atoms with Crippen molar-refractivity contribution < 1.29 is 9.59 Å². The van der Waals surface area contributed by atoms with E-state index < -0.39 is 0 Å². The van der Waals surface area contributed by atoms with Crippen molar-refractivity contribution in [2.24, 2.45) is 0 Å². The molecule has 0 spiro atoms. The van der Waals surface area contributed by atoms with E-state index in [4.69, 9.17) is 0 Å². The standard InChI is InChI=1S/C29H33N3O2/c1-22(24-11-5-4-6-12-24)30-29(34)26-13-7-8-14-27(26)31-28(33)25-17-15-23(16-18-25)21-32-19-9-2-3-10-20-32/h4-8,11-18,22H,2-3,9-10,19-21H2,1H3,(H,30,34)(H,31,33). The molecule has 1 saturated heterocycles. The van der Waals surface area contributed by atoms with Gasteiger partial charge in [0, 0.05) is 12.1 Å². The molecule has 1 aliphatic rings. The number of nitrogens with one attached hydrogen (secondary N) is 2. The molecule has 1 aliphatic heterocycles. The van der Waals surface area contributed by atoms with Gasteiger partial charge in [-0.05, 0) is 68.2 Å². The van der Waals surface area contributed by atoms with Crippen LogP contribution >= 0.6 is 0 Å². The molecule has 5 nitrogen and oxygen atoms in total. The van der Waals surface area contributed by atoms with Gasteiger partial charge < -0.3 is 10.6 Å². The Morgan fingerprint density at radius 1 is 0.794 bits per heavy atom. The number of hydrogen-bond acceptors (Lipinski definition) is 3. The molecular formula is C29H33N3O2. The molecule has 2 N–H and O–H groups in total. The molecule has 1 unspecified atom stereocenters. The normalized spacial score (nSPS) is 15.2. The van der Waals surface area contributed by atoms with Gasteiger partial charge in [-0.3, -0.25) is 14.5 Å². The van der Waals surface area contributed by atoms with Crippen LogP contribution in [0.1, 0.15) is 70.5 Å². The average Bonchev–Trinajstić information content (AvgIpc) is 3.14.